The first kappa shape index (κ1) is 22.0. The summed E-state index contributed by atoms with van der Waals surface area (Å²) >= 11 is 0. The summed E-state index contributed by atoms with van der Waals surface area (Å²) in [5, 5.41) is 2.63. The fourth-order valence-electron chi connectivity index (χ4n) is 2.76. The van der Waals surface area contributed by atoms with Crippen LogP contribution in [0.5, 0.6) is 0 Å². The number of hydrogen-bond donors (Lipinski definition) is 2. The third kappa shape index (κ3) is 21.0. The van der Waals surface area contributed by atoms with Crippen LogP contribution in [0.2, 0.25) is 0 Å². The normalized spacial score (nSPS) is 11.2. The fraction of sp³-hybridized carbons (Fsp3) is 0.850. The minimum atomic E-state index is -0.409. The zero-order chi connectivity index (χ0) is 17.0. The number of nitrogens with two attached hydrogens (primary N) is 1. The maximum Gasteiger partial charge on any atom is 0.312 e. The summed E-state index contributed by atoms with van der Waals surface area (Å²) in [6.07, 6.45) is 24.5. The number of allylic oxidation sites excluding steroid dienone is 2. The van der Waals surface area contributed by atoms with Crippen LogP contribution in [0.3, 0.4) is 0 Å². The van der Waals surface area contributed by atoms with Gasteiger partial charge in [0.15, 0.2) is 0 Å². The molecule has 3 nitrogen and oxygen atoms in total. The Morgan fingerprint density at radius 3 is 1.65 bits per heavy atom. The lowest BCUT2D eigenvalue weighted by Crippen LogP contribution is -2.29. The van der Waals surface area contributed by atoms with E-state index in [1.165, 1.54) is 89.9 Å². The number of rotatable bonds is 17. The van der Waals surface area contributed by atoms with Gasteiger partial charge in [-0.3, -0.25) is 0 Å². The number of urea groups is 1. The summed E-state index contributed by atoms with van der Waals surface area (Å²) in [6, 6.07) is -0.409. The number of nitrogens with one attached hydrogen (secondary N) is 1. The molecule has 3 N–H and O–H groups in total. The SMILES string of the molecule is CCCCCCCCC/C=C\CCCCCCCCNC(N)=O. The molecule has 23 heavy (non-hydrogen) atoms. The molecule has 0 bridgehead atoms. The zero-order valence-corrected chi connectivity index (χ0v) is 15.5. The van der Waals surface area contributed by atoms with Gasteiger partial charge in [0.1, 0.15) is 0 Å². The quantitative estimate of drug-likeness (QED) is 0.247. The van der Waals surface area contributed by atoms with Crippen molar-refractivity contribution in [3.05, 3.63) is 12.2 Å². The number of amides is 2. The predicted molar refractivity (Wildman–Crippen MR) is 102 cm³/mol. The lowest BCUT2D eigenvalue weighted by Gasteiger charge is -2.02. The van der Waals surface area contributed by atoms with Gasteiger partial charge in [-0.2, -0.15) is 0 Å². The summed E-state index contributed by atoms with van der Waals surface area (Å²) in [5.41, 5.74) is 5.01. The first-order valence-electron chi connectivity index (χ1n) is 9.95. The van der Waals surface area contributed by atoms with Crippen molar-refractivity contribution >= 4 is 6.03 Å². The standard InChI is InChI=1S/C20H40N2O/c1-2-3-4-5-6-7-8-9-10-11-12-13-14-15-16-17-18-19-22-20(21)23/h10-11H,2-9,12-19H2,1H3,(H3,21,22,23)/b11-10-. The van der Waals surface area contributed by atoms with Gasteiger partial charge in [0.05, 0.1) is 0 Å². The molecule has 0 atom stereocenters. The van der Waals surface area contributed by atoms with Crippen LogP contribution >= 0.6 is 0 Å². The highest BCUT2D eigenvalue weighted by Gasteiger charge is 1.93. The second-order valence-corrected chi connectivity index (χ2v) is 6.58. The Hall–Kier alpha value is -0.990. The van der Waals surface area contributed by atoms with Crippen LogP contribution in [0.25, 0.3) is 0 Å². The third-order valence-corrected chi connectivity index (χ3v) is 4.24. The summed E-state index contributed by atoms with van der Waals surface area (Å²) in [6.45, 7) is 2.99. The lowest BCUT2D eigenvalue weighted by molar-refractivity contribution is 0.248. The van der Waals surface area contributed by atoms with Crippen molar-refractivity contribution in [1.29, 1.82) is 0 Å². The minimum absolute atomic E-state index is 0.409. The molecule has 0 aromatic rings. The van der Waals surface area contributed by atoms with Crippen LogP contribution in [0.4, 0.5) is 4.79 Å². The Balaban J connectivity index is 3.07. The van der Waals surface area contributed by atoms with E-state index in [2.05, 4.69) is 24.4 Å². The molecule has 0 aliphatic rings. The number of primary amides is 1. The minimum Gasteiger partial charge on any atom is -0.352 e. The maximum absolute atomic E-state index is 10.5. The van der Waals surface area contributed by atoms with E-state index in [0.717, 1.165) is 13.0 Å². The number of unbranched alkanes of at least 4 members (excludes halogenated alkanes) is 13. The van der Waals surface area contributed by atoms with Gasteiger partial charge in [0.25, 0.3) is 0 Å². The van der Waals surface area contributed by atoms with Crippen molar-refractivity contribution in [1.82, 2.24) is 5.32 Å². The van der Waals surface area contributed by atoms with E-state index < -0.39 is 6.03 Å². The molecule has 3 heteroatoms. The van der Waals surface area contributed by atoms with Crippen LogP contribution < -0.4 is 11.1 Å². The van der Waals surface area contributed by atoms with Crippen LogP contribution in [-0.2, 0) is 0 Å². The molecule has 0 aliphatic carbocycles. The van der Waals surface area contributed by atoms with Crippen LogP contribution in [0, 0.1) is 0 Å². The van der Waals surface area contributed by atoms with E-state index in [4.69, 9.17) is 5.73 Å². The Morgan fingerprint density at radius 2 is 1.17 bits per heavy atom. The average Bonchev–Trinajstić information content (AvgIpc) is 2.53. The largest absolute Gasteiger partial charge is 0.352 e. The first-order valence-corrected chi connectivity index (χ1v) is 9.95. The van der Waals surface area contributed by atoms with E-state index in [1.807, 2.05) is 0 Å². The fourth-order valence-corrected chi connectivity index (χ4v) is 2.76. The smallest absolute Gasteiger partial charge is 0.312 e. The zero-order valence-electron chi connectivity index (χ0n) is 15.5. The van der Waals surface area contributed by atoms with E-state index in [0.29, 0.717) is 0 Å². The summed E-state index contributed by atoms with van der Waals surface area (Å²) < 4.78 is 0. The molecule has 0 rings (SSSR count). The Labute approximate surface area is 144 Å². The van der Waals surface area contributed by atoms with Gasteiger partial charge in [-0.15, -0.1) is 0 Å². The molecular weight excluding hydrogens is 284 g/mol. The Kier molecular flexibility index (Phi) is 18.2. The Morgan fingerprint density at radius 1 is 0.739 bits per heavy atom. The number of carbonyl (C=O) groups is 1. The molecule has 0 fully saturated rings. The predicted octanol–water partition coefficient (Wildman–Crippen LogP) is 6.08. The highest BCUT2D eigenvalue weighted by molar-refractivity contribution is 5.71. The van der Waals surface area contributed by atoms with Gasteiger partial charge < -0.3 is 11.1 Å². The van der Waals surface area contributed by atoms with E-state index in [1.54, 1.807) is 0 Å². The van der Waals surface area contributed by atoms with Gasteiger partial charge >= 0.3 is 6.03 Å². The second kappa shape index (κ2) is 19.1. The molecule has 0 aromatic carbocycles. The summed E-state index contributed by atoms with van der Waals surface area (Å²) in [7, 11) is 0. The molecule has 0 saturated heterocycles. The van der Waals surface area contributed by atoms with Crippen LogP contribution in [-0.4, -0.2) is 12.6 Å². The molecule has 0 aliphatic heterocycles. The van der Waals surface area contributed by atoms with Crippen LogP contribution in [0.15, 0.2) is 12.2 Å². The Bertz CT molecular complexity index is 277. The molecule has 0 radical (unpaired) electrons. The molecule has 2 amide bonds. The van der Waals surface area contributed by atoms with Crippen molar-refractivity contribution in [2.45, 2.75) is 103 Å². The highest BCUT2D eigenvalue weighted by atomic mass is 16.2. The monoisotopic (exact) mass is 324 g/mol. The molecule has 0 heterocycles. The van der Waals surface area contributed by atoms with Crippen molar-refractivity contribution in [3.8, 4) is 0 Å². The maximum atomic E-state index is 10.5. The van der Waals surface area contributed by atoms with Crippen LogP contribution in [0.1, 0.15) is 103 Å². The molecule has 0 unspecified atom stereocenters. The molecule has 0 aromatic heterocycles. The van der Waals surface area contributed by atoms with E-state index in [9.17, 15) is 4.79 Å². The molecular formula is C20H40N2O. The molecule has 0 saturated carbocycles. The van der Waals surface area contributed by atoms with Gasteiger partial charge in [-0.25, -0.2) is 4.79 Å². The number of hydrogen-bond acceptors (Lipinski definition) is 1. The van der Waals surface area contributed by atoms with E-state index >= 15 is 0 Å². The molecule has 136 valence electrons. The van der Waals surface area contributed by atoms with Crippen molar-refractivity contribution in [2.24, 2.45) is 5.73 Å². The second-order valence-electron chi connectivity index (χ2n) is 6.58. The van der Waals surface area contributed by atoms with Gasteiger partial charge in [-0.05, 0) is 32.1 Å². The molecule has 0 spiro atoms. The first-order chi connectivity index (χ1) is 11.3. The third-order valence-electron chi connectivity index (χ3n) is 4.24. The topological polar surface area (TPSA) is 55.1 Å². The summed E-state index contributed by atoms with van der Waals surface area (Å²) in [5.74, 6) is 0. The van der Waals surface area contributed by atoms with Gasteiger partial charge in [-0.1, -0.05) is 83.3 Å². The lowest BCUT2D eigenvalue weighted by atomic mass is 10.1. The number of carbonyl (C=O) groups excluding carboxylic acids is 1. The van der Waals surface area contributed by atoms with Crippen molar-refractivity contribution in [2.75, 3.05) is 6.54 Å². The van der Waals surface area contributed by atoms with Crippen molar-refractivity contribution in [3.63, 3.8) is 0 Å². The summed E-state index contributed by atoms with van der Waals surface area (Å²) in [4.78, 5) is 10.5. The average molecular weight is 325 g/mol. The van der Waals surface area contributed by atoms with Crippen molar-refractivity contribution < 1.29 is 4.79 Å². The highest BCUT2D eigenvalue weighted by Crippen LogP contribution is 2.10. The van der Waals surface area contributed by atoms with Gasteiger partial charge in [0.2, 0.25) is 0 Å². The van der Waals surface area contributed by atoms with E-state index in [-0.39, 0.29) is 0 Å². The van der Waals surface area contributed by atoms with Gasteiger partial charge in [0, 0.05) is 6.54 Å².